The Balaban J connectivity index is 1.65. The molecule has 0 aliphatic heterocycles. The molecule has 0 bridgehead atoms. The smallest absolute Gasteiger partial charge is 0.391 e. The third kappa shape index (κ3) is 8.46. The molecule has 6 nitrogen and oxygen atoms in total. The van der Waals surface area contributed by atoms with Crippen LogP contribution in [0.25, 0.3) is 0 Å². The van der Waals surface area contributed by atoms with Crippen LogP contribution >= 0.6 is 11.6 Å². The fraction of sp³-hybridized carbons (Fsp3) is 0.500. The molecule has 218 valence electrons. The Bertz CT molecular complexity index is 1230. The fourth-order valence-corrected chi connectivity index (χ4v) is 4.96. The molecule has 0 unspecified atom stereocenters. The van der Waals surface area contributed by atoms with Crippen molar-refractivity contribution in [2.75, 3.05) is 12.4 Å². The van der Waals surface area contributed by atoms with E-state index in [1.54, 1.807) is 51.1 Å². The number of ketones is 1. The zero-order valence-electron chi connectivity index (χ0n) is 23.2. The van der Waals surface area contributed by atoms with Gasteiger partial charge in [0.05, 0.1) is 29.2 Å². The number of hydrogen-bond acceptors (Lipinski definition) is 4. The summed E-state index contributed by atoms with van der Waals surface area (Å²) in [5.41, 5.74) is 1.00. The van der Waals surface area contributed by atoms with Gasteiger partial charge in [-0.15, -0.1) is 0 Å². The molecule has 2 aromatic carbocycles. The van der Waals surface area contributed by atoms with Crippen LogP contribution in [-0.4, -0.2) is 30.9 Å². The molecule has 1 fully saturated rings. The Kier molecular flexibility index (Phi) is 10.3. The molecule has 1 aliphatic carbocycles. The highest BCUT2D eigenvalue weighted by Crippen LogP contribution is 2.41. The Morgan fingerprint density at radius 2 is 1.65 bits per heavy atom. The van der Waals surface area contributed by atoms with Gasteiger partial charge in [-0.3, -0.25) is 14.4 Å². The molecule has 2 aromatic rings. The average molecular weight is 581 g/mol. The molecule has 40 heavy (non-hydrogen) atoms. The lowest BCUT2D eigenvalue weighted by Gasteiger charge is -2.29. The minimum Gasteiger partial charge on any atom is -0.496 e. The van der Waals surface area contributed by atoms with E-state index in [2.05, 4.69) is 10.6 Å². The van der Waals surface area contributed by atoms with Crippen LogP contribution in [0.3, 0.4) is 0 Å². The highest BCUT2D eigenvalue weighted by molar-refractivity contribution is 6.34. The van der Waals surface area contributed by atoms with Crippen LogP contribution in [-0.2, 0) is 11.3 Å². The Morgan fingerprint density at radius 1 is 0.975 bits per heavy atom. The van der Waals surface area contributed by atoms with E-state index in [1.165, 1.54) is 13.2 Å². The normalized spacial score (nSPS) is 17.7. The summed E-state index contributed by atoms with van der Waals surface area (Å²) in [5, 5.41) is 5.83. The molecule has 0 spiro atoms. The molecular weight excluding hydrogens is 545 g/mol. The van der Waals surface area contributed by atoms with E-state index in [0.717, 1.165) is 0 Å². The number of hydrogen-bond donors (Lipinski definition) is 2. The van der Waals surface area contributed by atoms with Crippen molar-refractivity contribution < 1.29 is 32.3 Å². The Labute approximate surface area is 238 Å². The van der Waals surface area contributed by atoms with E-state index in [1.807, 2.05) is 0 Å². The lowest BCUT2D eigenvalue weighted by Crippen LogP contribution is -2.34. The van der Waals surface area contributed by atoms with E-state index in [-0.39, 0.29) is 59.6 Å². The standard InChI is InChI=1S/C30H36ClF3N2O4/c1-29(2,3)28(39)35-17-19-7-12-24(31)22(15-19)27(38)36-21-11-14-26(40-4)23(16-21)25(37)13-8-18-5-9-20(10-6-18)30(32,33)34/h7,11-12,14-16,18,20H,5-6,8-10,13,17H2,1-4H3,(H,35,39)(H,36,38). The third-order valence-electron chi connectivity index (χ3n) is 7.26. The molecule has 0 radical (unpaired) electrons. The lowest BCUT2D eigenvalue weighted by molar-refractivity contribution is -0.184. The van der Waals surface area contributed by atoms with Gasteiger partial charge in [-0.05, 0) is 73.9 Å². The molecular formula is C30H36ClF3N2O4. The van der Waals surface area contributed by atoms with Crippen LogP contribution in [0.2, 0.25) is 5.02 Å². The van der Waals surface area contributed by atoms with E-state index in [9.17, 15) is 27.6 Å². The largest absolute Gasteiger partial charge is 0.496 e. The van der Waals surface area contributed by atoms with Crippen molar-refractivity contribution in [1.82, 2.24) is 5.32 Å². The van der Waals surface area contributed by atoms with E-state index < -0.39 is 23.4 Å². The number of methoxy groups -OCH3 is 1. The number of alkyl halides is 3. The summed E-state index contributed by atoms with van der Waals surface area (Å²) in [6.45, 7) is 5.64. The van der Waals surface area contributed by atoms with Gasteiger partial charge in [-0.1, -0.05) is 38.4 Å². The molecule has 1 aliphatic rings. The first kappa shape index (κ1) is 31.5. The van der Waals surface area contributed by atoms with Crippen LogP contribution in [0.1, 0.15) is 85.6 Å². The maximum atomic E-state index is 13.1. The number of rotatable bonds is 9. The van der Waals surface area contributed by atoms with Crippen molar-refractivity contribution in [2.24, 2.45) is 17.3 Å². The topological polar surface area (TPSA) is 84.5 Å². The summed E-state index contributed by atoms with van der Waals surface area (Å²) in [6, 6.07) is 9.62. The van der Waals surface area contributed by atoms with E-state index >= 15 is 0 Å². The van der Waals surface area contributed by atoms with Crippen molar-refractivity contribution in [3.05, 3.63) is 58.1 Å². The van der Waals surface area contributed by atoms with Gasteiger partial charge in [-0.2, -0.15) is 13.2 Å². The van der Waals surface area contributed by atoms with Crippen molar-refractivity contribution in [3.63, 3.8) is 0 Å². The minimum absolute atomic E-state index is 0.0685. The van der Waals surface area contributed by atoms with Gasteiger partial charge in [-0.25, -0.2) is 0 Å². The van der Waals surface area contributed by atoms with Crippen LogP contribution < -0.4 is 15.4 Å². The van der Waals surface area contributed by atoms with Gasteiger partial charge in [0, 0.05) is 24.1 Å². The molecule has 10 heteroatoms. The first-order chi connectivity index (χ1) is 18.7. The number of halogens is 4. The summed E-state index contributed by atoms with van der Waals surface area (Å²) < 4.78 is 44.2. The third-order valence-corrected chi connectivity index (χ3v) is 7.59. The SMILES string of the molecule is COc1ccc(NC(=O)c2cc(CNC(=O)C(C)(C)C)ccc2Cl)cc1C(=O)CCC1CCC(C(F)(F)F)CC1. The second-order valence-corrected chi connectivity index (χ2v) is 11.7. The first-order valence-corrected chi connectivity index (χ1v) is 13.7. The molecule has 2 amide bonds. The first-order valence-electron chi connectivity index (χ1n) is 13.3. The molecule has 1 saturated carbocycles. The van der Waals surface area contributed by atoms with Crippen molar-refractivity contribution in [1.29, 1.82) is 0 Å². The van der Waals surface area contributed by atoms with Gasteiger partial charge in [0.2, 0.25) is 5.91 Å². The van der Waals surface area contributed by atoms with Gasteiger partial charge in [0.25, 0.3) is 5.91 Å². The van der Waals surface area contributed by atoms with Crippen molar-refractivity contribution in [3.8, 4) is 5.75 Å². The van der Waals surface area contributed by atoms with Gasteiger partial charge in [0.15, 0.2) is 5.78 Å². The van der Waals surface area contributed by atoms with Gasteiger partial charge in [0.1, 0.15) is 5.75 Å². The van der Waals surface area contributed by atoms with E-state index in [4.69, 9.17) is 16.3 Å². The number of nitrogens with one attached hydrogen (secondary N) is 2. The summed E-state index contributed by atoms with van der Waals surface area (Å²) >= 11 is 6.29. The zero-order chi connectivity index (χ0) is 29.7. The molecule has 0 aromatic heterocycles. The molecule has 2 N–H and O–H groups in total. The number of anilines is 1. The summed E-state index contributed by atoms with van der Waals surface area (Å²) in [5.74, 6) is -1.66. The fourth-order valence-electron chi connectivity index (χ4n) is 4.75. The Hall–Kier alpha value is -3.07. The summed E-state index contributed by atoms with van der Waals surface area (Å²) in [4.78, 5) is 38.3. The molecule has 0 atom stereocenters. The molecule has 3 rings (SSSR count). The average Bonchev–Trinajstić information content (AvgIpc) is 2.90. The maximum absolute atomic E-state index is 13.1. The van der Waals surface area contributed by atoms with Crippen LogP contribution in [0.4, 0.5) is 18.9 Å². The van der Waals surface area contributed by atoms with Crippen LogP contribution in [0.15, 0.2) is 36.4 Å². The number of benzene rings is 2. The second kappa shape index (κ2) is 13.1. The van der Waals surface area contributed by atoms with Crippen molar-refractivity contribution in [2.45, 2.75) is 72.0 Å². The predicted octanol–water partition coefficient (Wildman–Crippen LogP) is 7.59. The van der Waals surface area contributed by atoms with E-state index in [0.29, 0.717) is 36.3 Å². The number of carbonyl (C=O) groups is 3. The minimum atomic E-state index is -4.16. The monoisotopic (exact) mass is 580 g/mol. The number of amides is 2. The predicted molar refractivity (Wildman–Crippen MR) is 149 cm³/mol. The lowest BCUT2D eigenvalue weighted by atomic mass is 9.79. The zero-order valence-corrected chi connectivity index (χ0v) is 24.0. The van der Waals surface area contributed by atoms with Crippen LogP contribution in [0.5, 0.6) is 5.75 Å². The molecule has 0 saturated heterocycles. The number of ether oxygens (including phenoxy) is 1. The highest BCUT2D eigenvalue weighted by Gasteiger charge is 2.41. The maximum Gasteiger partial charge on any atom is 0.391 e. The summed E-state index contributed by atoms with van der Waals surface area (Å²) in [7, 11) is 1.44. The number of carbonyl (C=O) groups excluding carboxylic acids is 3. The highest BCUT2D eigenvalue weighted by atomic mass is 35.5. The quantitative estimate of drug-likeness (QED) is 0.299. The summed E-state index contributed by atoms with van der Waals surface area (Å²) in [6.07, 6.45) is -2.40. The second-order valence-electron chi connectivity index (χ2n) is 11.3. The van der Waals surface area contributed by atoms with Crippen LogP contribution in [0, 0.1) is 17.3 Å². The van der Waals surface area contributed by atoms with Gasteiger partial charge >= 0.3 is 6.18 Å². The van der Waals surface area contributed by atoms with Gasteiger partial charge < -0.3 is 15.4 Å². The Morgan fingerprint density at radius 3 is 2.25 bits per heavy atom. The number of Topliss-reactive ketones (excluding diaryl/α,β-unsaturated/α-hetero) is 1. The van der Waals surface area contributed by atoms with Crippen molar-refractivity contribution >= 4 is 34.9 Å². The molecule has 0 heterocycles.